The molecule has 1 saturated heterocycles. The number of carbonyl (C=O) groups is 2. The monoisotopic (exact) mass is 380 g/mol. The summed E-state index contributed by atoms with van der Waals surface area (Å²) in [7, 11) is 0. The van der Waals surface area contributed by atoms with E-state index in [1.165, 1.54) is 6.20 Å². The second kappa shape index (κ2) is 8.41. The van der Waals surface area contributed by atoms with Crippen LogP contribution in [-0.2, 0) is 4.74 Å². The number of hydrogen-bond acceptors (Lipinski definition) is 7. The Bertz CT molecular complexity index is 679. The molecule has 0 atom stereocenters. The third-order valence-electron chi connectivity index (χ3n) is 3.74. The van der Waals surface area contributed by atoms with Crippen LogP contribution >= 0.6 is 0 Å². The predicted octanol–water partition coefficient (Wildman–Crippen LogP) is 2.27. The smallest absolute Gasteiger partial charge is 0.410 e. The number of ether oxygens (including phenoxy) is 2. The number of nitrogens with zero attached hydrogens (tertiary/aromatic N) is 4. The minimum absolute atomic E-state index is 0.0632. The molecule has 0 bridgehead atoms. The van der Waals surface area contributed by atoms with E-state index in [2.05, 4.69) is 9.97 Å². The average Bonchev–Trinajstić information content (AvgIpc) is 2.58. The lowest BCUT2D eigenvalue weighted by Gasteiger charge is -2.35. The molecule has 2 heterocycles. The zero-order chi connectivity index (χ0) is 20.2. The fourth-order valence-electron chi connectivity index (χ4n) is 2.43. The van der Waals surface area contributed by atoms with Gasteiger partial charge in [-0.15, -0.1) is 0 Å². The van der Waals surface area contributed by atoms with Crippen molar-refractivity contribution in [3.8, 4) is 5.88 Å². The van der Waals surface area contributed by atoms with E-state index in [0.717, 1.165) is 0 Å². The molecular weight excluding hydrogens is 352 g/mol. The fourth-order valence-corrected chi connectivity index (χ4v) is 2.43. The van der Waals surface area contributed by atoms with Crippen LogP contribution in [0.4, 0.5) is 10.7 Å². The first-order chi connectivity index (χ1) is 12.6. The molecule has 1 aromatic heterocycles. The minimum Gasteiger partial charge on any atom is -0.477 e. The summed E-state index contributed by atoms with van der Waals surface area (Å²) in [6.07, 6.45) is 0.922. The first-order valence-electron chi connectivity index (χ1n) is 9.03. The molecule has 2 rings (SSSR count). The van der Waals surface area contributed by atoms with Gasteiger partial charge in [-0.1, -0.05) is 13.8 Å². The lowest BCUT2D eigenvalue weighted by Crippen LogP contribution is -2.50. The number of carbonyl (C=O) groups excluding carboxylic acids is 1. The Morgan fingerprint density at radius 1 is 1.22 bits per heavy atom. The Balaban J connectivity index is 2.06. The number of hydrogen-bond donors (Lipinski definition) is 1. The van der Waals surface area contributed by atoms with Crippen molar-refractivity contribution in [1.82, 2.24) is 14.9 Å². The summed E-state index contributed by atoms with van der Waals surface area (Å²) in [5.41, 5.74) is -0.598. The molecule has 9 nitrogen and oxygen atoms in total. The zero-order valence-electron chi connectivity index (χ0n) is 16.6. The van der Waals surface area contributed by atoms with Gasteiger partial charge in [0.15, 0.2) is 0 Å². The summed E-state index contributed by atoms with van der Waals surface area (Å²) >= 11 is 0. The van der Waals surface area contributed by atoms with Crippen LogP contribution in [0, 0.1) is 5.92 Å². The molecule has 9 heteroatoms. The van der Waals surface area contributed by atoms with Crippen molar-refractivity contribution in [2.45, 2.75) is 40.2 Å². The van der Waals surface area contributed by atoms with Gasteiger partial charge in [0.05, 0.1) is 12.8 Å². The summed E-state index contributed by atoms with van der Waals surface area (Å²) in [6, 6.07) is 0. The molecule has 0 radical (unpaired) electrons. The minimum atomic E-state index is -1.13. The normalized spacial score (nSPS) is 15.0. The maximum atomic E-state index is 12.1. The molecule has 27 heavy (non-hydrogen) atoms. The van der Waals surface area contributed by atoms with Gasteiger partial charge in [-0.3, -0.25) is 0 Å². The van der Waals surface area contributed by atoms with Crippen LogP contribution in [0.5, 0.6) is 5.88 Å². The quantitative estimate of drug-likeness (QED) is 0.829. The number of anilines is 1. The Hall–Kier alpha value is -2.58. The van der Waals surface area contributed by atoms with Crippen molar-refractivity contribution in [1.29, 1.82) is 0 Å². The largest absolute Gasteiger partial charge is 0.477 e. The van der Waals surface area contributed by atoms with Gasteiger partial charge >= 0.3 is 12.1 Å². The second-order valence-corrected chi connectivity index (χ2v) is 7.85. The maximum Gasteiger partial charge on any atom is 0.410 e. The Labute approximate surface area is 159 Å². The van der Waals surface area contributed by atoms with Gasteiger partial charge in [-0.2, -0.15) is 4.98 Å². The first kappa shape index (κ1) is 20.7. The summed E-state index contributed by atoms with van der Waals surface area (Å²) in [5, 5.41) is 9.29. The summed E-state index contributed by atoms with van der Waals surface area (Å²) in [5.74, 6) is -0.434. The Kier molecular flexibility index (Phi) is 6.45. The lowest BCUT2D eigenvalue weighted by atomic mass is 10.2. The SMILES string of the molecule is CC(C)COc1nc(N2CCN(C(=O)OC(C)(C)C)CC2)ncc1C(=O)O. The summed E-state index contributed by atoms with van der Waals surface area (Å²) in [4.78, 5) is 35.5. The van der Waals surface area contributed by atoms with Crippen molar-refractivity contribution in [2.75, 3.05) is 37.7 Å². The van der Waals surface area contributed by atoms with Crippen LogP contribution in [0.15, 0.2) is 6.20 Å². The van der Waals surface area contributed by atoms with Crippen molar-refractivity contribution in [3.05, 3.63) is 11.8 Å². The first-order valence-corrected chi connectivity index (χ1v) is 9.03. The molecule has 1 aliphatic heterocycles. The number of amides is 1. The van der Waals surface area contributed by atoms with E-state index in [1.807, 2.05) is 39.5 Å². The van der Waals surface area contributed by atoms with E-state index < -0.39 is 11.6 Å². The third-order valence-corrected chi connectivity index (χ3v) is 3.74. The molecular formula is C18H28N4O5. The molecule has 0 aromatic carbocycles. The third kappa shape index (κ3) is 5.97. The highest BCUT2D eigenvalue weighted by Crippen LogP contribution is 2.21. The number of aromatic nitrogens is 2. The predicted molar refractivity (Wildman–Crippen MR) is 99.3 cm³/mol. The highest BCUT2D eigenvalue weighted by Gasteiger charge is 2.27. The van der Waals surface area contributed by atoms with Crippen molar-refractivity contribution in [2.24, 2.45) is 5.92 Å². The second-order valence-electron chi connectivity index (χ2n) is 7.85. The van der Waals surface area contributed by atoms with E-state index in [4.69, 9.17) is 9.47 Å². The maximum absolute atomic E-state index is 12.1. The van der Waals surface area contributed by atoms with Gasteiger partial charge in [0.25, 0.3) is 0 Å². The fraction of sp³-hybridized carbons (Fsp3) is 0.667. The van der Waals surface area contributed by atoms with Gasteiger partial charge in [0.2, 0.25) is 11.8 Å². The van der Waals surface area contributed by atoms with Crippen LogP contribution in [-0.4, -0.2) is 70.4 Å². The van der Waals surface area contributed by atoms with Gasteiger partial charge < -0.3 is 24.4 Å². The number of piperazine rings is 1. The van der Waals surface area contributed by atoms with Gasteiger partial charge in [0, 0.05) is 26.2 Å². The average molecular weight is 380 g/mol. The van der Waals surface area contributed by atoms with Gasteiger partial charge in [-0.25, -0.2) is 14.6 Å². The molecule has 0 aliphatic carbocycles. The van der Waals surface area contributed by atoms with E-state index >= 15 is 0 Å². The lowest BCUT2D eigenvalue weighted by molar-refractivity contribution is 0.0239. The standard InChI is InChI=1S/C18H28N4O5/c1-12(2)11-26-14-13(15(23)24)10-19-16(20-14)21-6-8-22(9-7-21)17(25)27-18(3,4)5/h10,12H,6-9,11H2,1-5H3,(H,23,24). The topological polar surface area (TPSA) is 105 Å². The molecule has 1 amide bonds. The molecule has 1 N–H and O–H groups in total. The van der Waals surface area contributed by atoms with Crippen LogP contribution in [0.1, 0.15) is 45.0 Å². The Morgan fingerprint density at radius 2 is 1.85 bits per heavy atom. The van der Waals surface area contributed by atoms with Crippen molar-refractivity contribution < 1.29 is 24.2 Å². The summed E-state index contributed by atoms with van der Waals surface area (Å²) in [6.45, 7) is 11.8. The van der Waals surface area contributed by atoms with Crippen LogP contribution in [0.2, 0.25) is 0 Å². The van der Waals surface area contributed by atoms with E-state index in [-0.39, 0.29) is 23.5 Å². The van der Waals surface area contributed by atoms with E-state index in [9.17, 15) is 14.7 Å². The molecule has 0 saturated carbocycles. The highest BCUT2D eigenvalue weighted by molar-refractivity contribution is 5.89. The number of aromatic carboxylic acids is 1. The van der Waals surface area contributed by atoms with Crippen LogP contribution in [0.25, 0.3) is 0 Å². The number of carboxylic acid groups (broad SMARTS) is 1. The van der Waals surface area contributed by atoms with Gasteiger partial charge in [0.1, 0.15) is 11.2 Å². The van der Waals surface area contributed by atoms with Gasteiger partial charge in [-0.05, 0) is 26.7 Å². The van der Waals surface area contributed by atoms with Crippen molar-refractivity contribution in [3.63, 3.8) is 0 Å². The van der Waals surface area contributed by atoms with Crippen LogP contribution < -0.4 is 9.64 Å². The molecule has 1 aliphatic rings. The number of carboxylic acids is 1. The van der Waals surface area contributed by atoms with E-state index in [0.29, 0.717) is 38.7 Å². The molecule has 150 valence electrons. The molecule has 0 unspecified atom stereocenters. The Morgan fingerprint density at radius 3 is 2.37 bits per heavy atom. The zero-order valence-corrected chi connectivity index (χ0v) is 16.6. The molecule has 1 aromatic rings. The molecule has 0 spiro atoms. The molecule has 1 fully saturated rings. The number of rotatable bonds is 5. The summed E-state index contributed by atoms with van der Waals surface area (Å²) < 4.78 is 10.9. The highest BCUT2D eigenvalue weighted by atomic mass is 16.6. The van der Waals surface area contributed by atoms with Crippen LogP contribution in [0.3, 0.4) is 0 Å². The van der Waals surface area contributed by atoms with Crippen molar-refractivity contribution >= 4 is 18.0 Å². The van der Waals surface area contributed by atoms with E-state index in [1.54, 1.807) is 4.90 Å².